The van der Waals surface area contributed by atoms with Crippen molar-refractivity contribution in [2.75, 3.05) is 11.9 Å². The lowest BCUT2D eigenvalue weighted by Crippen LogP contribution is -2.26. The summed E-state index contributed by atoms with van der Waals surface area (Å²) in [6.45, 7) is 4.52. The van der Waals surface area contributed by atoms with Crippen molar-refractivity contribution in [1.29, 1.82) is 0 Å². The van der Waals surface area contributed by atoms with Gasteiger partial charge in [0.1, 0.15) is 5.75 Å². The molecule has 2 amide bonds. The molecule has 1 aliphatic rings. The smallest absolute Gasteiger partial charge is 0.262 e. The maximum Gasteiger partial charge on any atom is 0.262 e. The van der Waals surface area contributed by atoms with Crippen molar-refractivity contribution in [3.63, 3.8) is 0 Å². The van der Waals surface area contributed by atoms with Crippen LogP contribution in [0.15, 0.2) is 18.2 Å². The Morgan fingerprint density at radius 2 is 2.26 bits per heavy atom. The summed E-state index contributed by atoms with van der Waals surface area (Å²) in [6.07, 6.45) is 0.525. The van der Waals surface area contributed by atoms with E-state index in [1.165, 1.54) is 0 Å². The van der Waals surface area contributed by atoms with Crippen molar-refractivity contribution >= 4 is 17.5 Å². The van der Waals surface area contributed by atoms with Gasteiger partial charge in [0.2, 0.25) is 5.91 Å². The summed E-state index contributed by atoms with van der Waals surface area (Å²) >= 11 is 0. The second-order valence-electron chi connectivity index (χ2n) is 5.04. The number of anilines is 1. The van der Waals surface area contributed by atoms with Crippen LogP contribution in [0.5, 0.6) is 5.75 Å². The number of ether oxygens (including phenoxy) is 1. The van der Waals surface area contributed by atoms with E-state index in [0.717, 1.165) is 5.56 Å². The van der Waals surface area contributed by atoms with Crippen LogP contribution in [-0.4, -0.2) is 18.4 Å². The topological polar surface area (TPSA) is 67.4 Å². The molecule has 1 aliphatic heterocycles. The number of rotatable bonds is 4. The summed E-state index contributed by atoms with van der Waals surface area (Å²) < 4.78 is 5.32. The van der Waals surface area contributed by atoms with Crippen molar-refractivity contribution in [2.24, 2.45) is 5.92 Å². The minimum atomic E-state index is -0.148. The number of nitrogens with one attached hydrogen (secondary N) is 2. The average molecular weight is 262 g/mol. The van der Waals surface area contributed by atoms with Crippen LogP contribution in [0.3, 0.4) is 0 Å². The predicted molar refractivity (Wildman–Crippen MR) is 71.9 cm³/mol. The van der Waals surface area contributed by atoms with Gasteiger partial charge >= 0.3 is 0 Å². The molecule has 0 radical (unpaired) electrons. The van der Waals surface area contributed by atoms with Gasteiger partial charge < -0.3 is 15.4 Å². The highest BCUT2D eigenvalue weighted by Crippen LogP contribution is 2.28. The molecular weight excluding hydrogens is 244 g/mol. The van der Waals surface area contributed by atoms with E-state index in [1.807, 2.05) is 26.0 Å². The van der Waals surface area contributed by atoms with E-state index in [-0.39, 0.29) is 18.4 Å². The van der Waals surface area contributed by atoms with Crippen LogP contribution in [0.1, 0.15) is 25.8 Å². The number of carbonyl (C=O) groups is 2. The van der Waals surface area contributed by atoms with E-state index in [9.17, 15) is 9.59 Å². The predicted octanol–water partition coefficient (Wildman–Crippen LogP) is 1.68. The first kappa shape index (κ1) is 13.4. The summed E-state index contributed by atoms with van der Waals surface area (Å²) in [6, 6.07) is 5.49. The molecule has 0 spiro atoms. The molecule has 19 heavy (non-hydrogen) atoms. The molecule has 1 aromatic rings. The summed E-state index contributed by atoms with van der Waals surface area (Å²) in [5.74, 6) is 0.893. The fourth-order valence-electron chi connectivity index (χ4n) is 1.87. The summed E-state index contributed by atoms with van der Waals surface area (Å²) in [4.78, 5) is 22.7. The second kappa shape index (κ2) is 5.73. The fraction of sp³-hybridized carbons (Fsp3) is 0.429. The Labute approximate surface area is 112 Å². The van der Waals surface area contributed by atoms with Crippen LogP contribution < -0.4 is 15.4 Å². The Kier molecular flexibility index (Phi) is 4.04. The fourth-order valence-corrected chi connectivity index (χ4v) is 1.87. The third-order valence-electron chi connectivity index (χ3n) is 2.76. The molecule has 0 atom stereocenters. The first-order valence-corrected chi connectivity index (χ1v) is 6.37. The SMILES string of the molecule is CC(C)CC(=O)NCc1ccc2c(c1)OCC(=O)N2. The van der Waals surface area contributed by atoms with Crippen LogP contribution >= 0.6 is 0 Å². The monoisotopic (exact) mass is 262 g/mol. The number of benzene rings is 1. The van der Waals surface area contributed by atoms with Crippen molar-refractivity contribution in [2.45, 2.75) is 26.8 Å². The zero-order valence-electron chi connectivity index (χ0n) is 11.2. The molecule has 5 nitrogen and oxygen atoms in total. The van der Waals surface area contributed by atoms with Crippen LogP contribution in [0.2, 0.25) is 0 Å². The highest BCUT2D eigenvalue weighted by atomic mass is 16.5. The Morgan fingerprint density at radius 1 is 1.47 bits per heavy atom. The maximum atomic E-state index is 11.6. The van der Waals surface area contributed by atoms with E-state index in [2.05, 4.69) is 10.6 Å². The molecule has 0 saturated heterocycles. The Hall–Kier alpha value is -2.04. The molecular formula is C14H18N2O3. The lowest BCUT2D eigenvalue weighted by atomic mass is 10.1. The van der Waals surface area contributed by atoms with Crippen LogP contribution in [-0.2, 0) is 16.1 Å². The van der Waals surface area contributed by atoms with Gasteiger partial charge in [0.15, 0.2) is 6.61 Å². The summed E-state index contributed by atoms with van der Waals surface area (Å²) in [7, 11) is 0. The number of hydrogen-bond donors (Lipinski definition) is 2. The number of amides is 2. The quantitative estimate of drug-likeness (QED) is 0.867. The summed E-state index contributed by atoms with van der Waals surface area (Å²) in [5.41, 5.74) is 1.63. The van der Waals surface area contributed by atoms with Crippen LogP contribution in [0.25, 0.3) is 0 Å². The minimum Gasteiger partial charge on any atom is -0.482 e. The Morgan fingerprint density at radius 3 is 3.00 bits per heavy atom. The van der Waals surface area contributed by atoms with Crippen molar-refractivity contribution < 1.29 is 14.3 Å². The van der Waals surface area contributed by atoms with E-state index >= 15 is 0 Å². The molecule has 1 heterocycles. The molecule has 2 rings (SSSR count). The van der Waals surface area contributed by atoms with Gasteiger partial charge in [0.25, 0.3) is 5.91 Å². The maximum absolute atomic E-state index is 11.6. The zero-order chi connectivity index (χ0) is 13.8. The molecule has 0 fully saturated rings. The number of hydrogen-bond acceptors (Lipinski definition) is 3. The van der Waals surface area contributed by atoms with Crippen LogP contribution in [0, 0.1) is 5.92 Å². The minimum absolute atomic E-state index is 0.0379. The van der Waals surface area contributed by atoms with Gasteiger partial charge in [-0.3, -0.25) is 9.59 Å². The van der Waals surface area contributed by atoms with Crippen molar-refractivity contribution in [3.8, 4) is 5.75 Å². The molecule has 0 aliphatic carbocycles. The molecule has 0 bridgehead atoms. The lowest BCUT2D eigenvalue weighted by molar-refractivity contribution is -0.122. The third kappa shape index (κ3) is 3.71. The molecule has 2 N–H and O–H groups in total. The largest absolute Gasteiger partial charge is 0.482 e. The number of carbonyl (C=O) groups excluding carboxylic acids is 2. The van der Waals surface area contributed by atoms with Gasteiger partial charge in [-0.1, -0.05) is 19.9 Å². The zero-order valence-corrected chi connectivity index (χ0v) is 11.2. The first-order chi connectivity index (χ1) is 9.04. The van der Waals surface area contributed by atoms with Gasteiger partial charge in [0.05, 0.1) is 5.69 Å². The second-order valence-corrected chi connectivity index (χ2v) is 5.04. The highest BCUT2D eigenvalue weighted by Gasteiger charge is 2.15. The summed E-state index contributed by atoms with van der Waals surface area (Å²) in [5, 5.41) is 5.59. The van der Waals surface area contributed by atoms with Crippen LogP contribution in [0.4, 0.5) is 5.69 Å². The lowest BCUT2D eigenvalue weighted by Gasteiger charge is -2.18. The Bertz CT molecular complexity index is 497. The van der Waals surface area contributed by atoms with Gasteiger partial charge in [-0.25, -0.2) is 0 Å². The van der Waals surface area contributed by atoms with Crippen molar-refractivity contribution in [1.82, 2.24) is 5.32 Å². The van der Waals surface area contributed by atoms with E-state index < -0.39 is 0 Å². The van der Waals surface area contributed by atoms with Gasteiger partial charge in [0, 0.05) is 13.0 Å². The standard InChI is InChI=1S/C14H18N2O3/c1-9(2)5-13(17)15-7-10-3-4-11-12(6-10)19-8-14(18)16-11/h3-4,6,9H,5,7-8H2,1-2H3,(H,15,17)(H,16,18). The molecule has 1 aromatic carbocycles. The molecule has 0 saturated carbocycles. The van der Waals surface area contributed by atoms with E-state index in [4.69, 9.17) is 4.74 Å². The van der Waals surface area contributed by atoms with Gasteiger partial charge in [-0.05, 0) is 23.6 Å². The first-order valence-electron chi connectivity index (χ1n) is 6.37. The molecule has 5 heteroatoms. The molecule has 102 valence electrons. The number of fused-ring (bicyclic) bond motifs is 1. The molecule has 0 unspecified atom stereocenters. The Balaban J connectivity index is 1.95. The van der Waals surface area contributed by atoms with E-state index in [0.29, 0.717) is 30.3 Å². The van der Waals surface area contributed by atoms with E-state index in [1.54, 1.807) is 6.07 Å². The highest BCUT2D eigenvalue weighted by molar-refractivity contribution is 5.95. The molecule has 0 aromatic heterocycles. The third-order valence-corrected chi connectivity index (χ3v) is 2.76. The van der Waals surface area contributed by atoms with Crippen molar-refractivity contribution in [3.05, 3.63) is 23.8 Å². The normalized spacial score (nSPS) is 13.5. The van der Waals surface area contributed by atoms with Gasteiger partial charge in [-0.15, -0.1) is 0 Å². The van der Waals surface area contributed by atoms with Gasteiger partial charge in [-0.2, -0.15) is 0 Å². The average Bonchev–Trinajstić information content (AvgIpc) is 2.35.